The highest BCUT2D eigenvalue weighted by atomic mass is 79.9. The van der Waals surface area contributed by atoms with Crippen molar-refractivity contribution in [1.82, 2.24) is 0 Å². The summed E-state index contributed by atoms with van der Waals surface area (Å²) in [6, 6.07) is 4.47. The molecule has 0 radical (unpaired) electrons. The van der Waals surface area contributed by atoms with E-state index in [-0.39, 0.29) is 5.41 Å². The fourth-order valence-corrected chi connectivity index (χ4v) is 2.32. The lowest BCUT2D eigenvalue weighted by Gasteiger charge is -2.22. The van der Waals surface area contributed by atoms with E-state index in [2.05, 4.69) is 62.7 Å². The molecular formula is C12H17Br. The van der Waals surface area contributed by atoms with Gasteiger partial charge < -0.3 is 0 Å². The molecule has 0 aromatic heterocycles. The number of hydrogen-bond donors (Lipinski definition) is 0. The van der Waals surface area contributed by atoms with E-state index in [1.165, 1.54) is 21.2 Å². The van der Waals surface area contributed by atoms with Crippen LogP contribution in [0.4, 0.5) is 0 Å². The third-order valence-corrected chi connectivity index (χ3v) is 3.26. The van der Waals surface area contributed by atoms with Crippen LogP contribution in [0, 0.1) is 13.8 Å². The molecular weight excluding hydrogens is 224 g/mol. The first-order valence-corrected chi connectivity index (χ1v) is 5.39. The Bertz CT molecular complexity index is 319. The minimum atomic E-state index is 0.218. The topological polar surface area (TPSA) is 0 Å². The molecule has 0 amide bonds. The average molecular weight is 241 g/mol. The first-order valence-electron chi connectivity index (χ1n) is 4.59. The predicted molar refractivity (Wildman–Crippen MR) is 62.3 cm³/mol. The number of rotatable bonds is 0. The zero-order valence-corrected chi connectivity index (χ0v) is 10.6. The highest BCUT2D eigenvalue weighted by Gasteiger charge is 2.18. The molecule has 0 saturated carbocycles. The SMILES string of the molecule is Cc1cc(C)c(Br)c(C(C)(C)C)c1. The first kappa shape index (κ1) is 10.8. The summed E-state index contributed by atoms with van der Waals surface area (Å²) >= 11 is 3.65. The van der Waals surface area contributed by atoms with E-state index in [9.17, 15) is 0 Å². The molecule has 0 atom stereocenters. The number of hydrogen-bond acceptors (Lipinski definition) is 0. The van der Waals surface area contributed by atoms with Crippen LogP contribution in [0.1, 0.15) is 37.5 Å². The zero-order chi connectivity index (χ0) is 10.2. The van der Waals surface area contributed by atoms with Crippen molar-refractivity contribution in [2.45, 2.75) is 40.0 Å². The van der Waals surface area contributed by atoms with E-state index in [1.54, 1.807) is 0 Å². The molecule has 0 heterocycles. The van der Waals surface area contributed by atoms with Crippen molar-refractivity contribution in [1.29, 1.82) is 0 Å². The zero-order valence-electron chi connectivity index (χ0n) is 9.03. The van der Waals surface area contributed by atoms with Crippen LogP contribution in [0.3, 0.4) is 0 Å². The van der Waals surface area contributed by atoms with Crippen LogP contribution in [0.2, 0.25) is 0 Å². The smallest absolute Gasteiger partial charge is 0.0242 e. The highest BCUT2D eigenvalue weighted by Crippen LogP contribution is 2.32. The summed E-state index contributed by atoms with van der Waals surface area (Å²) in [4.78, 5) is 0. The van der Waals surface area contributed by atoms with Crippen molar-refractivity contribution in [2.75, 3.05) is 0 Å². The van der Waals surface area contributed by atoms with E-state index in [0.717, 1.165) is 0 Å². The summed E-state index contributed by atoms with van der Waals surface area (Å²) in [5, 5.41) is 0. The lowest BCUT2D eigenvalue weighted by atomic mass is 9.85. The largest absolute Gasteiger partial charge is 0.0560 e. The molecule has 13 heavy (non-hydrogen) atoms. The van der Waals surface area contributed by atoms with Crippen LogP contribution in [-0.4, -0.2) is 0 Å². The van der Waals surface area contributed by atoms with Gasteiger partial charge in [0.2, 0.25) is 0 Å². The Morgan fingerprint density at radius 3 is 2.08 bits per heavy atom. The van der Waals surface area contributed by atoms with Crippen molar-refractivity contribution in [3.8, 4) is 0 Å². The van der Waals surface area contributed by atoms with Gasteiger partial charge in [0.1, 0.15) is 0 Å². The molecule has 0 fully saturated rings. The predicted octanol–water partition coefficient (Wildman–Crippen LogP) is 4.36. The van der Waals surface area contributed by atoms with Gasteiger partial charge in [0.15, 0.2) is 0 Å². The molecule has 72 valence electrons. The number of benzene rings is 1. The monoisotopic (exact) mass is 240 g/mol. The van der Waals surface area contributed by atoms with Gasteiger partial charge in [-0.25, -0.2) is 0 Å². The first-order chi connectivity index (χ1) is 5.82. The van der Waals surface area contributed by atoms with Gasteiger partial charge in [0.25, 0.3) is 0 Å². The summed E-state index contributed by atoms with van der Waals surface area (Å²) in [6.07, 6.45) is 0. The summed E-state index contributed by atoms with van der Waals surface area (Å²) in [5.41, 5.74) is 4.27. The van der Waals surface area contributed by atoms with E-state index in [1.807, 2.05) is 0 Å². The van der Waals surface area contributed by atoms with Gasteiger partial charge in [-0.3, -0.25) is 0 Å². The summed E-state index contributed by atoms with van der Waals surface area (Å²) in [7, 11) is 0. The molecule has 0 spiro atoms. The molecule has 0 aliphatic heterocycles. The van der Waals surface area contributed by atoms with Crippen LogP contribution in [0.25, 0.3) is 0 Å². The normalized spacial score (nSPS) is 11.8. The van der Waals surface area contributed by atoms with Gasteiger partial charge >= 0.3 is 0 Å². The molecule has 1 aromatic carbocycles. The summed E-state index contributed by atoms with van der Waals surface area (Å²) in [5.74, 6) is 0. The molecule has 0 saturated heterocycles. The quantitative estimate of drug-likeness (QED) is 0.632. The molecule has 1 rings (SSSR count). The van der Waals surface area contributed by atoms with Gasteiger partial charge in [0.05, 0.1) is 0 Å². The van der Waals surface area contributed by atoms with Crippen molar-refractivity contribution in [2.24, 2.45) is 0 Å². The second kappa shape index (κ2) is 3.45. The number of halogens is 1. The molecule has 0 aliphatic carbocycles. The summed E-state index contributed by atoms with van der Waals surface area (Å²) < 4.78 is 1.26. The Morgan fingerprint density at radius 1 is 1.08 bits per heavy atom. The average Bonchev–Trinajstić information content (AvgIpc) is 1.94. The number of aryl methyl sites for hydroxylation is 2. The summed E-state index contributed by atoms with van der Waals surface area (Å²) in [6.45, 7) is 11.0. The molecule has 0 unspecified atom stereocenters. The third-order valence-electron chi connectivity index (χ3n) is 2.21. The van der Waals surface area contributed by atoms with Gasteiger partial charge in [0, 0.05) is 4.47 Å². The molecule has 1 heteroatoms. The van der Waals surface area contributed by atoms with E-state index < -0.39 is 0 Å². The molecule has 0 bridgehead atoms. The molecule has 0 N–H and O–H groups in total. The van der Waals surface area contributed by atoms with Gasteiger partial charge in [-0.15, -0.1) is 0 Å². The minimum Gasteiger partial charge on any atom is -0.0560 e. The van der Waals surface area contributed by atoms with Crippen molar-refractivity contribution in [3.05, 3.63) is 33.3 Å². The van der Waals surface area contributed by atoms with Crippen LogP contribution in [0.5, 0.6) is 0 Å². The van der Waals surface area contributed by atoms with Crippen LogP contribution >= 0.6 is 15.9 Å². The third kappa shape index (κ3) is 2.34. The fourth-order valence-electron chi connectivity index (χ4n) is 1.50. The lowest BCUT2D eigenvalue weighted by molar-refractivity contribution is 0.586. The van der Waals surface area contributed by atoms with Crippen LogP contribution < -0.4 is 0 Å². The maximum Gasteiger partial charge on any atom is 0.0242 e. The Hall–Kier alpha value is -0.300. The Balaban J connectivity index is 3.37. The minimum absolute atomic E-state index is 0.218. The van der Waals surface area contributed by atoms with Gasteiger partial charge in [-0.05, 0) is 30.4 Å². The highest BCUT2D eigenvalue weighted by molar-refractivity contribution is 9.10. The van der Waals surface area contributed by atoms with Gasteiger partial charge in [-0.2, -0.15) is 0 Å². The second-order valence-electron chi connectivity index (χ2n) is 4.69. The van der Waals surface area contributed by atoms with E-state index in [0.29, 0.717) is 0 Å². The maximum absolute atomic E-state index is 3.65. The van der Waals surface area contributed by atoms with Crippen molar-refractivity contribution in [3.63, 3.8) is 0 Å². The maximum atomic E-state index is 3.65. The van der Waals surface area contributed by atoms with Crippen molar-refractivity contribution < 1.29 is 0 Å². The Morgan fingerprint density at radius 2 is 1.62 bits per heavy atom. The van der Waals surface area contributed by atoms with E-state index in [4.69, 9.17) is 0 Å². The van der Waals surface area contributed by atoms with E-state index >= 15 is 0 Å². The molecule has 0 nitrogen and oxygen atoms in total. The van der Waals surface area contributed by atoms with Crippen LogP contribution in [-0.2, 0) is 5.41 Å². The Kier molecular flexibility index (Phi) is 2.86. The van der Waals surface area contributed by atoms with Gasteiger partial charge in [-0.1, -0.05) is 54.4 Å². The molecule has 1 aromatic rings. The second-order valence-corrected chi connectivity index (χ2v) is 5.49. The fraction of sp³-hybridized carbons (Fsp3) is 0.500. The van der Waals surface area contributed by atoms with Crippen molar-refractivity contribution >= 4 is 15.9 Å². The standard InChI is InChI=1S/C12H17Br/c1-8-6-9(2)11(13)10(7-8)12(3,4)5/h6-7H,1-5H3. The van der Waals surface area contributed by atoms with Crippen LogP contribution in [0.15, 0.2) is 16.6 Å². The molecule has 0 aliphatic rings. The Labute approximate surface area is 89.5 Å². The lowest BCUT2D eigenvalue weighted by Crippen LogP contribution is -2.12.